The zero-order chi connectivity index (χ0) is 26.3. The number of carbonyl (C=O) groups excluding carboxylic acids is 1. The Labute approximate surface area is 197 Å². The first-order valence-corrected chi connectivity index (χ1v) is 10.6. The van der Waals surface area contributed by atoms with Gasteiger partial charge >= 0.3 is 6.18 Å². The number of aryl methyl sites for hydroxylation is 1. The summed E-state index contributed by atoms with van der Waals surface area (Å²) in [4.78, 5) is 13.2. The fraction of sp³-hybridized carbons (Fsp3) is 0.545. The van der Waals surface area contributed by atoms with E-state index < -0.39 is 65.7 Å². The molecule has 194 valence electrons. The third kappa shape index (κ3) is 4.84. The fourth-order valence-corrected chi connectivity index (χ4v) is 4.30. The normalized spacial score (nSPS) is 25.5. The maximum absolute atomic E-state index is 14.4. The molecule has 1 amide bonds. The van der Waals surface area contributed by atoms with Crippen LogP contribution in [0.25, 0.3) is 0 Å². The molecule has 4 unspecified atom stereocenters. The second-order valence-electron chi connectivity index (χ2n) is 8.62. The summed E-state index contributed by atoms with van der Waals surface area (Å²) in [6.45, 7) is 1.50. The molecule has 3 rings (SSSR count). The first-order valence-electron chi connectivity index (χ1n) is 10.6. The van der Waals surface area contributed by atoms with Crippen LogP contribution < -0.4 is 10.1 Å². The zero-order valence-electron chi connectivity index (χ0n) is 19.4. The molecule has 1 saturated heterocycles. The predicted molar refractivity (Wildman–Crippen MR) is 113 cm³/mol. The highest BCUT2D eigenvalue weighted by Gasteiger charge is 2.66. The number of methoxy groups -OCH3 is 1. The number of ether oxygens (including phenoxy) is 2. The number of amides is 1. The molecule has 35 heavy (non-hydrogen) atoms. The van der Waals surface area contributed by atoms with Crippen LogP contribution in [0.3, 0.4) is 0 Å². The Morgan fingerprint density at radius 3 is 2.60 bits per heavy atom. The van der Waals surface area contributed by atoms with Gasteiger partial charge in [-0.15, -0.1) is 0 Å². The molecule has 2 heterocycles. The molecule has 0 saturated carbocycles. The largest absolute Gasteiger partial charge is 0.493 e. The summed E-state index contributed by atoms with van der Waals surface area (Å²) in [5.74, 6) is -7.05. The number of nitrogens with zero attached hydrogens (tertiary/aromatic N) is 2. The Bertz CT molecular complexity index is 1090. The molecule has 5 atom stereocenters. The van der Waals surface area contributed by atoms with Crippen molar-refractivity contribution in [3.05, 3.63) is 41.1 Å². The van der Waals surface area contributed by atoms with Gasteiger partial charge in [-0.3, -0.25) is 9.48 Å². The van der Waals surface area contributed by atoms with Gasteiger partial charge in [0.05, 0.1) is 19.8 Å². The van der Waals surface area contributed by atoms with E-state index >= 15 is 0 Å². The van der Waals surface area contributed by atoms with E-state index in [1.165, 1.54) is 24.7 Å². The van der Waals surface area contributed by atoms with Crippen molar-refractivity contribution in [2.75, 3.05) is 19.0 Å². The number of halogens is 5. The zero-order valence-corrected chi connectivity index (χ0v) is 19.4. The molecule has 3 N–H and O–H groups in total. The van der Waals surface area contributed by atoms with E-state index in [4.69, 9.17) is 14.6 Å². The summed E-state index contributed by atoms with van der Waals surface area (Å²) in [5.41, 5.74) is -2.50. The maximum Gasteiger partial charge on any atom is 0.417 e. The molecule has 1 fully saturated rings. The van der Waals surface area contributed by atoms with E-state index in [1.807, 2.05) is 0 Å². The number of rotatable bonds is 7. The summed E-state index contributed by atoms with van der Waals surface area (Å²) in [5, 5.41) is 25.1. The number of aromatic nitrogens is 2. The topological polar surface area (TPSA) is 106 Å². The van der Waals surface area contributed by atoms with E-state index in [0.717, 1.165) is 26.2 Å². The van der Waals surface area contributed by atoms with Crippen LogP contribution in [0.4, 0.5) is 27.8 Å². The molecular formula is C22H26F5N3O5. The standard InChI is InChI=1S/C22H26F5N3O5/c1-10-16(13-5-6-14(23)17(24)18(13)34-4)19(35-21(10,2)22(25,26)27)20(33)28-15-8-11(30(3)29-15)7-12(32)9-31/h5-6,8,10,12,16,19,31-32H,7,9H2,1-4H3,(H,28,29,33)/t10?,12-,16?,19?,21?/m0/s1. The van der Waals surface area contributed by atoms with Gasteiger partial charge in [-0.25, -0.2) is 4.39 Å². The molecule has 2 aromatic rings. The lowest BCUT2D eigenvalue weighted by Crippen LogP contribution is -2.47. The monoisotopic (exact) mass is 507 g/mol. The molecular weight excluding hydrogens is 481 g/mol. The summed E-state index contributed by atoms with van der Waals surface area (Å²) in [6, 6.07) is 3.19. The van der Waals surface area contributed by atoms with Gasteiger partial charge < -0.3 is 25.0 Å². The average molecular weight is 507 g/mol. The van der Waals surface area contributed by atoms with Crippen molar-refractivity contribution in [2.24, 2.45) is 13.0 Å². The molecule has 0 radical (unpaired) electrons. The number of aliphatic hydroxyl groups is 2. The second kappa shape index (κ2) is 9.70. The van der Waals surface area contributed by atoms with Crippen LogP contribution >= 0.6 is 0 Å². The number of alkyl halides is 3. The van der Waals surface area contributed by atoms with Crippen molar-refractivity contribution in [3.8, 4) is 5.75 Å². The van der Waals surface area contributed by atoms with Gasteiger partial charge in [0.2, 0.25) is 5.82 Å². The van der Waals surface area contributed by atoms with Gasteiger partial charge in [0.25, 0.3) is 5.91 Å². The fourth-order valence-electron chi connectivity index (χ4n) is 4.30. The van der Waals surface area contributed by atoms with E-state index in [9.17, 15) is 31.9 Å². The third-order valence-corrected chi connectivity index (χ3v) is 6.45. The van der Waals surface area contributed by atoms with Crippen LogP contribution in [0, 0.1) is 17.6 Å². The van der Waals surface area contributed by atoms with Crippen molar-refractivity contribution in [2.45, 2.75) is 50.2 Å². The number of hydrogen-bond donors (Lipinski definition) is 3. The summed E-state index contributed by atoms with van der Waals surface area (Å²) in [7, 11) is 2.55. The number of hydrogen-bond acceptors (Lipinski definition) is 6. The van der Waals surface area contributed by atoms with Crippen LogP contribution in [0.1, 0.15) is 31.0 Å². The van der Waals surface area contributed by atoms with Gasteiger partial charge in [-0.1, -0.05) is 13.0 Å². The van der Waals surface area contributed by atoms with E-state index in [-0.39, 0.29) is 17.8 Å². The predicted octanol–water partition coefficient (Wildman–Crippen LogP) is 2.68. The van der Waals surface area contributed by atoms with Gasteiger partial charge in [-0.05, 0) is 13.0 Å². The lowest BCUT2D eigenvalue weighted by atomic mass is 9.77. The number of aliphatic hydroxyl groups excluding tert-OH is 2. The molecule has 0 spiro atoms. The Hall–Kier alpha value is -2.77. The molecule has 0 aliphatic carbocycles. The SMILES string of the molecule is COc1c(C2C(C(=O)Nc3cc(C[C@H](O)CO)n(C)n3)OC(C)(C(F)(F)F)C2C)ccc(F)c1F. The highest BCUT2D eigenvalue weighted by atomic mass is 19.4. The van der Waals surface area contributed by atoms with Crippen molar-refractivity contribution in [1.82, 2.24) is 9.78 Å². The highest BCUT2D eigenvalue weighted by Crippen LogP contribution is 2.55. The molecule has 0 bridgehead atoms. The first kappa shape index (κ1) is 26.8. The Kier molecular flexibility index (Phi) is 7.44. The van der Waals surface area contributed by atoms with Crippen LogP contribution in [-0.4, -0.2) is 63.6 Å². The van der Waals surface area contributed by atoms with Gasteiger partial charge in [0, 0.05) is 42.6 Å². The summed E-state index contributed by atoms with van der Waals surface area (Å²) in [6.07, 6.45) is -7.72. The first-order chi connectivity index (χ1) is 16.2. The number of carbonyl (C=O) groups is 1. The number of nitrogens with one attached hydrogen (secondary N) is 1. The minimum absolute atomic E-state index is 0.00760. The smallest absolute Gasteiger partial charge is 0.417 e. The van der Waals surface area contributed by atoms with Crippen LogP contribution in [0.2, 0.25) is 0 Å². The quantitative estimate of drug-likeness (QED) is 0.498. The van der Waals surface area contributed by atoms with Crippen molar-refractivity contribution in [1.29, 1.82) is 0 Å². The Balaban J connectivity index is 2.01. The van der Waals surface area contributed by atoms with Crippen LogP contribution in [-0.2, 0) is 23.0 Å². The van der Waals surface area contributed by atoms with Crippen LogP contribution in [0.15, 0.2) is 18.2 Å². The Morgan fingerprint density at radius 1 is 1.37 bits per heavy atom. The van der Waals surface area contributed by atoms with Gasteiger partial charge in [0.15, 0.2) is 23.0 Å². The van der Waals surface area contributed by atoms with Gasteiger partial charge in [0.1, 0.15) is 6.10 Å². The van der Waals surface area contributed by atoms with Crippen LogP contribution in [0.5, 0.6) is 5.75 Å². The molecule has 1 aromatic carbocycles. The van der Waals surface area contributed by atoms with E-state index in [2.05, 4.69) is 10.4 Å². The van der Waals surface area contributed by atoms with Crippen molar-refractivity contribution >= 4 is 11.7 Å². The minimum atomic E-state index is -4.88. The Morgan fingerprint density at radius 2 is 2.03 bits per heavy atom. The maximum atomic E-state index is 14.4. The van der Waals surface area contributed by atoms with E-state index in [0.29, 0.717) is 5.69 Å². The third-order valence-electron chi connectivity index (χ3n) is 6.45. The lowest BCUT2D eigenvalue weighted by molar-refractivity contribution is -0.272. The number of anilines is 1. The second-order valence-corrected chi connectivity index (χ2v) is 8.62. The molecule has 13 heteroatoms. The van der Waals surface area contributed by atoms with Crippen molar-refractivity contribution < 1.29 is 46.4 Å². The van der Waals surface area contributed by atoms with E-state index in [1.54, 1.807) is 0 Å². The molecule has 8 nitrogen and oxygen atoms in total. The molecule has 1 aliphatic heterocycles. The molecule has 1 aromatic heterocycles. The molecule has 1 aliphatic rings. The number of benzene rings is 1. The minimum Gasteiger partial charge on any atom is -0.493 e. The summed E-state index contributed by atoms with van der Waals surface area (Å²) < 4.78 is 81.8. The van der Waals surface area contributed by atoms with Crippen molar-refractivity contribution in [3.63, 3.8) is 0 Å². The highest BCUT2D eigenvalue weighted by molar-refractivity contribution is 5.94. The van der Waals surface area contributed by atoms with Gasteiger partial charge in [-0.2, -0.15) is 22.7 Å². The average Bonchev–Trinajstić information content (AvgIpc) is 3.26. The lowest BCUT2D eigenvalue weighted by Gasteiger charge is -2.32. The summed E-state index contributed by atoms with van der Waals surface area (Å²) >= 11 is 0.